The fourth-order valence-electron chi connectivity index (χ4n) is 2.64. The zero-order valence-corrected chi connectivity index (χ0v) is 14.2. The highest BCUT2D eigenvalue weighted by atomic mass is 127. The summed E-state index contributed by atoms with van der Waals surface area (Å²) in [5, 5.41) is 6.83. The Labute approximate surface area is 137 Å². The predicted octanol–water partition coefficient (Wildman–Crippen LogP) is 1.80. The van der Waals surface area contributed by atoms with Gasteiger partial charge in [0.15, 0.2) is 5.96 Å². The lowest BCUT2D eigenvalue weighted by Crippen LogP contribution is -2.44. The predicted molar refractivity (Wildman–Crippen MR) is 90.5 cm³/mol. The van der Waals surface area contributed by atoms with Gasteiger partial charge in [0.2, 0.25) is 0 Å². The molecule has 1 saturated heterocycles. The Balaban J connectivity index is 0.00000147. The standard InChI is InChI=1S/C14H22N4O.HI/c1-15-14(16-8-11-5-7-19-10-11)17-12-4-6-18(9-12)13-2-3-13;/h5,7,10,12-13H,2-4,6,8-9H2,1H3,(H2,15,16,17);1H. The van der Waals surface area contributed by atoms with E-state index in [2.05, 4.69) is 20.5 Å². The van der Waals surface area contributed by atoms with Crippen molar-refractivity contribution in [2.75, 3.05) is 20.1 Å². The first kappa shape index (κ1) is 15.6. The Morgan fingerprint density at radius 1 is 1.45 bits per heavy atom. The van der Waals surface area contributed by atoms with Gasteiger partial charge in [0.25, 0.3) is 0 Å². The van der Waals surface area contributed by atoms with Crippen LogP contribution in [0.2, 0.25) is 0 Å². The van der Waals surface area contributed by atoms with Crippen molar-refractivity contribution in [3.05, 3.63) is 24.2 Å². The summed E-state index contributed by atoms with van der Waals surface area (Å²) < 4.78 is 5.05. The summed E-state index contributed by atoms with van der Waals surface area (Å²) >= 11 is 0. The molecular weight excluding hydrogens is 367 g/mol. The van der Waals surface area contributed by atoms with Crippen molar-refractivity contribution >= 4 is 29.9 Å². The van der Waals surface area contributed by atoms with E-state index in [4.69, 9.17) is 4.42 Å². The molecule has 0 radical (unpaired) electrons. The minimum Gasteiger partial charge on any atom is -0.472 e. The van der Waals surface area contributed by atoms with Crippen LogP contribution < -0.4 is 10.6 Å². The molecule has 112 valence electrons. The number of hydrogen-bond donors (Lipinski definition) is 2. The van der Waals surface area contributed by atoms with Crippen LogP contribution in [-0.4, -0.2) is 43.1 Å². The molecule has 2 aliphatic rings. The number of likely N-dealkylation sites (tertiary alicyclic amines) is 1. The van der Waals surface area contributed by atoms with E-state index in [1.165, 1.54) is 25.8 Å². The molecule has 0 bridgehead atoms. The number of nitrogens with zero attached hydrogens (tertiary/aromatic N) is 2. The summed E-state index contributed by atoms with van der Waals surface area (Å²) in [5.41, 5.74) is 1.13. The fraction of sp³-hybridized carbons (Fsp3) is 0.643. The van der Waals surface area contributed by atoms with Crippen molar-refractivity contribution in [2.24, 2.45) is 4.99 Å². The number of rotatable bonds is 4. The highest BCUT2D eigenvalue weighted by Crippen LogP contribution is 2.29. The molecule has 1 atom stereocenters. The van der Waals surface area contributed by atoms with E-state index in [1.54, 1.807) is 12.5 Å². The quantitative estimate of drug-likeness (QED) is 0.468. The first-order chi connectivity index (χ1) is 9.35. The maximum absolute atomic E-state index is 5.05. The molecule has 20 heavy (non-hydrogen) atoms. The smallest absolute Gasteiger partial charge is 0.191 e. The molecule has 5 nitrogen and oxygen atoms in total. The van der Waals surface area contributed by atoms with Gasteiger partial charge in [-0.25, -0.2) is 0 Å². The van der Waals surface area contributed by atoms with Crippen LogP contribution in [0.5, 0.6) is 0 Å². The van der Waals surface area contributed by atoms with Crippen molar-refractivity contribution in [2.45, 2.75) is 37.9 Å². The second-order valence-corrected chi connectivity index (χ2v) is 5.41. The van der Waals surface area contributed by atoms with Gasteiger partial charge >= 0.3 is 0 Å². The summed E-state index contributed by atoms with van der Waals surface area (Å²) in [7, 11) is 1.82. The van der Waals surface area contributed by atoms with Crippen molar-refractivity contribution in [3.63, 3.8) is 0 Å². The van der Waals surface area contributed by atoms with Crippen LogP contribution in [0.25, 0.3) is 0 Å². The average molecular weight is 390 g/mol. The van der Waals surface area contributed by atoms with Crippen molar-refractivity contribution < 1.29 is 4.42 Å². The van der Waals surface area contributed by atoms with Crippen LogP contribution in [0, 0.1) is 0 Å². The Morgan fingerprint density at radius 2 is 2.30 bits per heavy atom. The molecule has 0 amide bonds. The Kier molecular flexibility index (Phi) is 5.71. The minimum atomic E-state index is 0. The summed E-state index contributed by atoms with van der Waals surface area (Å²) in [6, 6.07) is 3.36. The molecule has 1 aliphatic heterocycles. The molecule has 0 spiro atoms. The molecule has 1 saturated carbocycles. The number of halogens is 1. The second kappa shape index (κ2) is 7.31. The second-order valence-electron chi connectivity index (χ2n) is 5.41. The lowest BCUT2D eigenvalue weighted by Gasteiger charge is -2.18. The maximum atomic E-state index is 5.05. The van der Waals surface area contributed by atoms with Crippen LogP contribution in [0.1, 0.15) is 24.8 Å². The lowest BCUT2D eigenvalue weighted by atomic mass is 10.3. The third-order valence-electron chi connectivity index (χ3n) is 3.89. The normalized spacial score (nSPS) is 23.4. The zero-order chi connectivity index (χ0) is 13.1. The van der Waals surface area contributed by atoms with Gasteiger partial charge in [-0.1, -0.05) is 0 Å². The van der Waals surface area contributed by atoms with Gasteiger partial charge in [-0.15, -0.1) is 24.0 Å². The lowest BCUT2D eigenvalue weighted by molar-refractivity contribution is 0.321. The van der Waals surface area contributed by atoms with E-state index in [0.717, 1.165) is 30.7 Å². The summed E-state index contributed by atoms with van der Waals surface area (Å²) in [6.45, 7) is 3.12. The number of aliphatic imine (C=N–C) groups is 1. The summed E-state index contributed by atoms with van der Waals surface area (Å²) in [6.07, 6.45) is 7.44. The van der Waals surface area contributed by atoms with Gasteiger partial charge in [0.05, 0.1) is 12.5 Å². The van der Waals surface area contributed by atoms with E-state index in [-0.39, 0.29) is 24.0 Å². The summed E-state index contributed by atoms with van der Waals surface area (Å²) in [5.74, 6) is 0.879. The largest absolute Gasteiger partial charge is 0.472 e. The summed E-state index contributed by atoms with van der Waals surface area (Å²) in [4.78, 5) is 6.88. The van der Waals surface area contributed by atoms with Crippen LogP contribution in [-0.2, 0) is 6.54 Å². The molecule has 2 heterocycles. The molecule has 1 aliphatic carbocycles. The van der Waals surface area contributed by atoms with Gasteiger partial charge in [0.1, 0.15) is 0 Å². The van der Waals surface area contributed by atoms with Crippen LogP contribution in [0.4, 0.5) is 0 Å². The Bertz CT molecular complexity index is 430. The highest BCUT2D eigenvalue weighted by molar-refractivity contribution is 14.0. The molecule has 2 fully saturated rings. The van der Waals surface area contributed by atoms with Crippen LogP contribution in [0.15, 0.2) is 28.0 Å². The number of hydrogen-bond acceptors (Lipinski definition) is 3. The Hall–Kier alpha value is -0.760. The van der Waals surface area contributed by atoms with E-state index in [9.17, 15) is 0 Å². The van der Waals surface area contributed by atoms with Gasteiger partial charge in [0, 0.05) is 44.3 Å². The van der Waals surface area contributed by atoms with Gasteiger partial charge in [-0.05, 0) is 25.3 Å². The Morgan fingerprint density at radius 3 is 2.95 bits per heavy atom. The van der Waals surface area contributed by atoms with Gasteiger partial charge in [-0.3, -0.25) is 9.89 Å². The number of furan rings is 1. The monoisotopic (exact) mass is 390 g/mol. The average Bonchev–Trinajstić information content (AvgIpc) is 2.96. The van der Waals surface area contributed by atoms with Crippen molar-refractivity contribution in [1.29, 1.82) is 0 Å². The first-order valence-corrected chi connectivity index (χ1v) is 7.07. The zero-order valence-electron chi connectivity index (χ0n) is 11.8. The van der Waals surface area contributed by atoms with Crippen molar-refractivity contribution in [3.8, 4) is 0 Å². The SMILES string of the molecule is CN=C(NCc1ccoc1)NC1CCN(C2CC2)C1.I. The molecule has 2 N–H and O–H groups in total. The number of nitrogens with one attached hydrogen (secondary N) is 2. The van der Waals surface area contributed by atoms with Crippen molar-refractivity contribution in [1.82, 2.24) is 15.5 Å². The molecule has 1 aromatic heterocycles. The fourth-order valence-corrected chi connectivity index (χ4v) is 2.64. The van der Waals surface area contributed by atoms with E-state index >= 15 is 0 Å². The molecule has 3 rings (SSSR count). The topological polar surface area (TPSA) is 52.8 Å². The molecule has 1 unspecified atom stereocenters. The van der Waals surface area contributed by atoms with E-state index in [0.29, 0.717) is 6.04 Å². The van der Waals surface area contributed by atoms with Gasteiger partial charge in [-0.2, -0.15) is 0 Å². The van der Waals surface area contributed by atoms with Crippen LogP contribution >= 0.6 is 24.0 Å². The maximum Gasteiger partial charge on any atom is 0.191 e. The molecule has 0 aromatic carbocycles. The molecular formula is C14H23IN4O. The molecule has 1 aromatic rings. The minimum absolute atomic E-state index is 0. The third-order valence-corrected chi connectivity index (χ3v) is 3.89. The van der Waals surface area contributed by atoms with Gasteiger partial charge < -0.3 is 15.1 Å². The molecule has 6 heteroatoms. The third kappa shape index (κ3) is 4.12. The van der Waals surface area contributed by atoms with Crippen LogP contribution in [0.3, 0.4) is 0 Å². The highest BCUT2D eigenvalue weighted by Gasteiger charge is 2.34. The van der Waals surface area contributed by atoms with E-state index in [1.807, 2.05) is 13.1 Å². The van der Waals surface area contributed by atoms with E-state index < -0.39 is 0 Å². The number of guanidine groups is 1. The first-order valence-electron chi connectivity index (χ1n) is 7.07.